The number of rotatable bonds is 8. The molecule has 0 heterocycles. The maximum atomic E-state index is 11.6. The molecule has 0 aliphatic carbocycles. The second-order valence-corrected chi connectivity index (χ2v) is 4.43. The zero-order chi connectivity index (χ0) is 13.4. The van der Waals surface area contributed by atoms with Crippen molar-refractivity contribution in [2.24, 2.45) is 5.92 Å². The van der Waals surface area contributed by atoms with Crippen molar-refractivity contribution in [1.82, 2.24) is 10.6 Å². The van der Waals surface area contributed by atoms with E-state index >= 15 is 0 Å². The van der Waals surface area contributed by atoms with Crippen LogP contribution >= 0.6 is 0 Å². The number of carbonyl (C=O) groups is 2. The SMILES string of the molecule is CCNC(C)CC(=O)N[C@H](C(=O)O)[C@@H](C)CC. The second kappa shape index (κ2) is 8.06. The van der Waals surface area contributed by atoms with E-state index in [0.717, 1.165) is 13.0 Å². The van der Waals surface area contributed by atoms with E-state index in [9.17, 15) is 9.59 Å². The summed E-state index contributed by atoms with van der Waals surface area (Å²) in [5, 5.41) is 14.7. The van der Waals surface area contributed by atoms with E-state index in [-0.39, 0.29) is 17.9 Å². The van der Waals surface area contributed by atoms with Crippen LogP contribution in [0.25, 0.3) is 0 Å². The fourth-order valence-corrected chi connectivity index (χ4v) is 1.61. The third kappa shape index (κ3) is 6.26. The van der Waals surface area contributed by atoms with Gasteiger partial charge in [-0.05, 0) is 19.4 Å². The van der Waals surface area contributed by atoms with Gasteiger partial charge in [-0.25, -0.2) is 4.79 Å². The molecule has 0 aliphatic rings. The van der Waals surface area contributed by atoms with Gasteiger partial charge in [0.05, 0.1) is 0 Å². The van der Waals surface area contributed by atoms with Crippen LogP contribution in [0.5, 0.6) is 0 Å². The molecule has 17 heavy (non-hydrogen) atoms. The molecule has 0 aromatic heterocycles. The van der Waals surface area contributed by atoms with E-state index in [2.05, 4.69) is 10.6 Å². The molecule has 0 fully saturated rings. The first-order chi connectivity index (χ1) is 7.92. The summed E-state index contributed by atoms with van der Waals surface area (Å²) in [6, 6.07) is -0.729. The Morgan fingerprint density at radius 1 is 1.24 bits per heavy atom. The Morgan fingerprint density at radius 2 is 1.82 bits per heavy atom. The molecule has 5 heteroatoms. The molecule has 1 amide bonds. The quantitative estimate of drug-likeness (QED) is 0.595. The van der Waals surface area contributed by atoms with Gasteiger partial charge in [0.1, 0.15) is 6.04 Å². The Morgan fingerprint density at radius 3 is 2.24 bits per heavy atom. The van der Waals surface area contributed by atoms with E-state index in [1.807, 2.05) is 27.7 Å². The largest absolute Gasteiger partial charge is 0.480 e. The van der Waals surface area contributed by atoms with E-state index in [1.165, 1.54) is 0 Å². The van der Waals surface area contributed by atoms with Gasteiger partial charge >= 0.3 is 5.97 Å². The van der Waals surface area contributed by atoms with Crippen molar-refractivity contribution in [2.75, 3.05) is 6.54 Å². The Bertz CT molecular complexity index is 256. The lowest BCUT2D eigenvalue weighted by molar-refractivity contribution is -0.143. The van der Waals surface area contributed by atoms with Crippen LogP contribution < -0.4 is 10.6 Å². The van der Waals surface area contributed by atoms with Crippen LogP contribution in [0.3, 0.4) is 0 Å². The van der Waals surface area contributed by atoms with E-state index in [1.54, 1.807) is 0 Å². The molecule has 0 saturated heterocycles. The highest BCUT2D eigenvalue weighted by Gasteiger charge is 2.25. The predicted molar refractivity (Wildman–Crippen MR) is 66.8 cm³/mol. The molecule has 0 radical (unpaired) electrons. The number of carboxylic acids is 1. The molecule has 0 aliphatic heterocycles. The molecule has 0 bridgehead atoms. The Kier molecular flexibility index (Phi) is 7.54. The number of nitrogens with one attached hydrogen (secondary N) is 2. The van der Waals surface area contributed by atoms with Gasteiger partial charge in [-0.1, -0.05) is 27.2 Å². The molecule has 3 N–H and O–H groups in total. The van der Waals surface area contributed by atoms with Gasteiger partial charge in [0.2, 0.25) is 5.91 Å². The Hall–Kier alpha value is -1.10. The Labute approximate surface area is 103 Å². The molecule has 0 rings (SSSR count). The van der Waals surface area contributed by atoms with Gasteiger partial charge in [0, 0.05) is 12.5 Å². The maximum absolute atomic E-state index is 11.6. The number of carbonyl (C=O) groups excluding carboxylic acids is 1. The van der Waals surface area contributed by atoms with Gasteiger partial charge in [-0.3, -0.25) is 4.79 Å². The maximum Gasteiger partial charge on any atom is 0.326 e. The van der Waals surface area contributed by atoms with E-state index < -0.39 is 12.0 Å². The highest BCUT2D eigenvalue weighted by Crippen LogP contribution is 2.08. The summed E-state index contributed by atoms with van der Waals surface area (Å²) in [6.45, 7) is 8.40. The van der Waals surface area contributed by atoms with Gasteiger partial charge in [0.25, 0.3) is 0 Å². The summed E-state index contributed by atoms with van der Waals surface area (Å²) in [5.41, 5.74) is 0. The monoisotopic (exact) mass is 244 g/mol. The van der Waals surface area contributed by atoms with Crippen LogP contribution in [0.1, 0.15) is 40.5 Å². The highest BCUT2D eigenvalue weighted by atomic mass is 16.4. The second-order valence-electron chi connectivity index (χ2n) is 4.43. The first-order valence-electron chi connectivity index (χ1n) is 6.17. The third-order valence-electron chi connectivity index (χ3n) is 2.84. The minimum absolute atomic E-state index is 0.0615. The fourth-order valence-electron chi connectivity index (χ4n) is 1.61. The summed E-state index contributed by atoms with van der Waals surface area (Å²) in [4.78, 5) is 22.7. The molecule has 0 saturated carbocycles. The average molecular weight is 244 g/mol. The molecular formula is C12H24N2O3. The van der Waals surface area contributed by atoms with Crippen LogP contribution in [0.15, 0.2) is 0 Å². The molecule has 3 atom stereocenters. The van der Waals surface area contributed by atoms with Crippen LogP contribution in [0, 0.1) is 5.92 Å². The van der Waals surface area contributed by atoms with Crippen molar-refractivity contribution >= 4 is 11.9 Å². The molecule has 0 aromatic carbocycles. The first-order valence-corrected chi connectivity index (χ1v) is 6.17. The lowest BCUT2D eigenvalue weighted by Gasteiger charge is -2.21. The number of hydrogen-bond acceptors (Lipinski definition) is 3. The molecular weight excluding hydrogens is 220 g/mol. The number of hydrogen-bond donors (Lipinski definition) is 3. The van der Waals surface area contributed by atoms with Crippen molar-refractivity contribution in [3.63, 3.8) is 0 Å². The molecule has 5 nitrogen and oxygen atoms in total. The summed E-state index contributed by atoms with van der Waals surface area (Å²) in [6.07, 6.45) is 1.02. The van der Waals surface area contributed by atoms with Crippen LogP contribution in [-0.4, -0.2) is 35.6 Å². The minimum Gasteiger partial charge on any atom is -0.480 e. The lowest BCUT2D eigenvalue weighted by Crippen LogP contribution is -2.46. The molecule has 0 spiro atoms. The highest BCUT2D eigenvalue weighted by molar-refractivity contribution is 5.84. The van der Waals surface area contributed by atoms with Crippen molar-refractivity contribution in [3.8, 4) is 0 Å². The number of amides is 1. The third-order valence-corrected chi connectivity index (χ3v) is 2.84. The van der Waals surface area contributed by atoms with Crippen LogP contribution in [-0.2, 0) is 9.59 Å². The molecule has 100 valence electrons. The normalized spacial score (nSPS) is 16.0. The van der Waals surface area contributed by atoms with Crippen LogP contribution in [0.2, 0.25) is 0 Å². The smallest absolute Gasteiger partial charge is 0.326 e. The van der Waals surface area contributed by atoms with Gasteiger partial charge in [0.15, 0.2) is 0 Å². The summed E-state index contributed by atoms with van der Waals surface area (Å²) >= 11 is 0. The summed E-state index contributed by atoms with van der Waals surface area (Å²) in [7, 11) is 0. The van der Waals surface area contributed by atoms with E-state index in [4.69, 9.17) is 5.11 Å². The van der Waals surface area contributed by atoms with Crippen LogP contribution in [0.4, 0.5) is 0 Å². The first kappa shape index (κ1) is 15.9. The fraction of sp³-hybridized carbons (Fsp3) is 0.833. The number of carboxylic acid groups (broad SMARTS) is 1. The van der Waals surface area contributed by atoms with Crippen molar-refractivity contribution < 1.29 is 14.7 Å². The molecule has 1 unspecified atom stereocenters. The number of aliphatic carboxylic acids is 1. The zero-order valence-corrected chi connectivity index (χ0v) is 11.1. The standard InChI is InChI=1S/C12H24N2O3/c1-5-8(3)11(12(16)17)14-10(15)7-9(4)13-6-2/h8-9,11,13H,5-7H2,1-4H3,(H,14,15)(H,16,17)/t8-,9?,11-/m0/s1. The van der Waals surface area contributed by atoms with Crippen molar-refractivity contribution in [3.05, 3.63) is 0 Å². The molecule has 0 aromatic rings. The Balaban J connectivity index is 4.27. The van der Waals surface area contributed by atoms with Crippen molar-refractivity contribution in [2.45, 2.75) is 52.6 Å². The zero-order valence-electron chi connectivity index (χ0n) is 11.1. The average Bonchev–Trinajstić information content (AvgIpc) is 2.24. The lowest BCUT2D eigenvalue weighted by atomic mass is 9.99. The topological polar surface area (TPSA) is 78.4 Å². The van der Waals surface area contributed by atoms with Gasteiger partial charge in [-0.2, -0.15) is 0 Å². The van der Waals surface area contributed by atoms with Crippen molar-refractivity contribution in [1.29, 1.82) is 0 Å². The van der Waals surface area contributed by atoms with Gasteiger partial charge < -0.3 is 15.7 Å². The predicted octanol–water partition coefficient (Wildman–Crippen LogP) is 0.990. The van der Waals surface area contributed by atoms with E-state index in [0.29, 0.717) is 6.42 Å². The van der Waals surface area contributed by atoms with Gasteiger partial charge in [-0.15, -0.1) is 0 Å². The summed E-state index contributed by atoms with van der Waals surface area (Å²) in [5.74, 6) is -1.25. The summed E-state index contributed by atoms with van der Waals surface area (Å²) < 4.78 is 0. The minimum atomic E-state index is -0.969.